The fourth-order valence-corrected chi connectivity index (χ4v) is 3.88. The van der Waals surface area contributed by atoms with Crippen LogP contribution in [0.25, 0.3) is 0 Å². The first kappa shape index (κ1) is 14.3. The van der Waals surface area contributed by atoms with Crippen LogP contribution in [-0.4, -0.2) is 48.2 Å². The van der Waals surface area contributed by atoms with Crippen molar-refractivity contribution in [1.29, 1.82) is 0 Å². The SMILES string of the molecule is CCOC(=O)C1(NC2CC2)CCC(N2CCCCC2)C1. The summed E-state index contributed by atoms with van der Waals surface area (Å²) >= 11 is 0. The zero-order chi connectivity index (χ0) is 14.0. The Hall–Kier alpha value is -0.610. The number of carbonyl (C=O) groups excluding carboxylic acids is 1. The van der Waals surface area contributed by atoms with E-state index in [0.717, 1.165) is 19.3 Å². The minimum atomic E-state index is -0.390. The molecule has 2 aliphatic carbocycles. The number of esters is 1. The van der Waals surface area contributed by atoms with Crippen molar-refractivity contribution < 1.29 is 9.53 Å². The molecule has 0 radical (unpaired) electrons. The van der Waals surface area contributed by atoms with E-state index in [0.29, 0.717) is 18.7 Å². The first-order valence-corrected chi connectivity index (χ1v) is 8.42. The highest BCUT2D eigenvalue weighted by atomic mass is 16.5. The molecule has 3 aliphatic rings. The Bertz CT molecular complexity index is 350. The van der Waals surface area contributed by atoms with Gasteiger partial charge in [-0.05, 0) is 65.0 Å². The lowest BCUT2D eigenvalue weighted by Gasteiger charge is -2.34. The molecule has 0 aromatic carbocycles. The van der Waals surface area contributed by atoms with Gasteiger partial charge in [0, 0.05) is 12.1 Å². The third kappa shape index (κ3) is 3.01. The smallest absolute Gasteiger partial charge is 0.326 e. The summed E-state index contributed by atoms with van der Waals surface area (Å²) in [5.74, 6) is -0.00795. The van der Waals surface area contributed by atoms with Crippen LogP contribution in [0.1, 0.15) is 58.3 Å². The lowest BCUT2D eigenvalue weighted by atomic mass is 9.96. The zero-order valence-corrected chi connectivity index (χ0v) is 12.7. The summed E-state index contributed by atoms with van der Waals surface area (Å²) in [6.07, 6.45) is 9.47. The largest absolute Gasteiger partial charge is 0.465 e. The predicted octanol–water partition coefficient (Wildman–Crippen LogP) is 2.08. The monoisotopic (exact) mass is 280 g/mol. The van der Waals surface area contributed by atoms with Crippen LogP contribution >= 0.6 is 0 Å². The van der Waals surface area contributed by atoms with E-state index in [1.54, 1.807) is 0 Å². The summed E-state index contributed by atoms with van der Waals surface area (Å²) in [5, 5.41) is 3.62. The van der Waals surface area contributed by atoms with Gasteiger partial charge in [0.05, 0.1) is 6.61 Å². The van der Waals surface area contributed by atoms with Crippen molar-refractivity contribution in [3.63, 3.8) is 0 Å². The Morgan fingerprint density at radius 3 is 2.65 bits per heavy atom. The number of nitrogens with zero attached hydrogens (tertiary/aromatic N) is 1. The van der Waals surface area contributed by atoms with Crippen molar-refractivity contribution in [3.05, 3.63) is 0 Å². The van der Waals surface area contributed by atoms with E-state index in [2.05, 4.69) is 10.2 Å². The van der Waals surface area contributed by atoms with Crippen LogP contribution in [0.15, 0.2) is 0 Å². The summed E-state index contributed by atoms with van der Waals surface area (Å²) in [5.41, 5.74) is -0.390. The fourth-order valence-electron chi connectivity index (χ4n) is 3.88. The van der Waals surface area contributed by atoms with Gasteiger partial charge in [0.15, 0.2) is 0 Å². The van der Waals surface area contributed by atoms with Crippen molar-refractivity contribution in [2.45, 2.75) is 75.9 Å². The van der Waals surface area contributed by atoms with Crippen molar-refractivity contribution in [1.82, 2.24) is 10.2 Å². The quantitative estimate of drug-likeness (QED) is 0.783. The third-order valence-corrected chi connectivity index (χ3v) is 5.12. The summed E-state index contributed by atoms with van der Waals surface area (Å²) in [7, 11) is 0. The molecular weight excluding hydrogens is 252 g/mol. The molecule has 1 N–H and O–H groups in total. The molecule has 3 rings (SSSR count). The van der Waals surface area contributed by atoms with Crippen LogP contribution < -0.4 is 5.32 Å². The maximum absolute atomic E-state index is 12.5. The van der Waals surface area contributed by atoms with Gasteiger partial charge in [-0.1, -0.05) is 6.42 Å². The van der Waals surface area contributed by atoms with Gasteiger partial charge in [0.2, 0.25) is 0 Å². The first-order valence-electron chi connectivity index (χ1n) is 8.42. The average Bonchev–Trinajstić information content (AvgIpc) is 3.17. The van der Waals surface area contributed by atoms with E-state index in [1.807, 2.05) is 6.92 Å². The number of likely N-dealkylation sites (tertiary alicyclic amines) is 1. The lowest BCUT2D eigenvalue weighted by Crippen LogP contribution is -2.53. The molecule has 1 heterocycles. The van der Waals surface area contributed by atoms with Gasteiger partial charge in [-0.25, -0.2) is 0 Å². The Kier molecular flexibility index (Phi) is 4.32. The lowest BCUT2D eigenvalue weighted by molar-refractivity contribution is -0.151. The van der Waals surface area contributed by atoms with Crippen LogP contribution in [0.4, 0.5) is 0 Å². The molecule has 2 saturated carbocycles. The topological polar surface area (TPSA) is 41.6 Å². The second-order valence-electron chi connectivity index (χ2n) is 6.71. The second-order valence-corrected chi connectivity index (χ2v) is 6.71. The van der Waals surface area contributed by atoms with Crippen molar-refractivity contribution >= 4 is 5.97 Å². The van der Waals surface area contributed by atoms with Gasteiger partial charge in [-0.3, -0.25) is 10.1 Å². The van der Waals surface area contributed by atoms with Gasteiger partial charge in [0.1, 0.15) is 5.54 Å². The molecule has 114 valence electrons. The Morgan fingerprint density at radius 2 is 2.00 bits per heavy atom. The Labute approximate surface area is 122 Å². The standard InChI is InChI=1S/C16H28N2O2/c1-2-20-15(19)16(17-13-6-7-13)9-8-14(12-16)18-10-4-3-5-11-18/h13-14,17H,2-12H2,1H3. The van der Waals surface area contributed by atoms with Crippen LogP contribution in [-0.2, 0) is 9.53 Å². The predicted molar refractivity (Wildman–Crippen MR) is 78.6 cm³/mol. The number of piperidine rings is 1. The molecule has 0 aromatic heterocycles. The van der Waals surface area contributed by atoms with E-state index in [4.69, 9.17) is 4.74 Å². The third-order valence-electron chi connectivity index (χ3n) is 5.12. The molecule has 3 fully saturated rings. The number of rotatable bonds is 5. The van der Waals surface area contributed by atoms with E-state index >= 15 is 0 Å². The molecule has 20 heavy (non-hydrogen) atoms. The highest BCUT2D eigenvalue weighted by molar-refractivity contribution is 5.81. The van der Waals surface area contributed by atoms with Gasteiger partial charge < -0.3 is 9.64 Å². The van der Waals surface area contributed by atoms with Crippen LogP contribution in [0.3, 0.4) is 0 Å². The minimum Gasteiger partial charge on any atom is -0.465 e. The summed E-state index contributed by atoms with van der Waals surface area (Å²) in [4.78, 5) is 15.1. The van der Waals surface area contributed by atoms with Crippen LogP contribution in [0, 0.1) is 0 Å². The number of hydrogen-bond acceptors (Lipinski definition) is 4. The van der Waals surface area contributed by atoms with E-state index in [9.17, 15) is 4.79 Å². The highest BCUT2D eigenvalue weighted by Gasteiger charge is 2.50. The molecule has 2 atom stereocenters. The van der Waals surface area contributed by atoms with Crippen LogP contribution in [0.2, 0.25) is 0 Å². The fraction of sp³-hybridized carbons (Fsp3) is 0.938. The Balaban J connectivity index is 1.66. The molecular formula is C16H28N2O2. The molecule has 0 aromatic rings. The van der Waals surface area contributed by atoms with Gasteiger partial charge in [0.25, 0.3) is 0 Å². The second kappa shape index (κ2) is 6.02. The van der Waals surface area contributed by atoms with Gasteiger partial charge in [-0.15, -0.1) is 0 Å². The van der Waals surface area contributed by atoms with Crippen molar-refractivity contribution in [2.75, 3.05) is 19.7 Å². The van der Waals surface area contributed by atoms with Gasteiger partial charge in [-0.2, -0.15) is 0 Å². The van der Waals surface area contributed by atoms with E-state index in [1.165, 1.54) is 45.2 Å². The molecule has 4 heteroatoms. The molecule has 0 bridgehead atoms. The first-order chi connectivity index (χ1) is 9.73. The molecule has 2 unspecified atom stereocenters. The van der Waals surface area contributed by atoms with Gasteiger partial charge >= 0.3 is 5.97 Å². The minimum absolute atomic E-state index is 0.00795. The number of ether oxygens (including phenoxy) is 1. The molecule has 0 spiro atoms. The highest BCUT2D eigenvalue weighted by Crippen LogP contribution is 2.38. The maximum atomic E-state index is 12.5. The summed E-state index contributed by atoms with van der Waals surface area (Å²) in [6, 6.07) is 1.13. The average molecular weight is 280 g/mol. The van der Waals surface area contributed by atoms with E-state index in [-0.39, 0.29) is 11.5 Å². The number of carbonyl (C=O) groups is 1. The van der Waals surface area contributed by atoms with E-state index < -0.39 is 0 Å². The van der Waals surface area contributed by atoms with Crippen LogP contribution in [0.5, 0.6) is 0 Å². The normalized spacial score (nSPS) is 35.1. The number of nitrogens with one attached hydrogen (secondary N) is 1. The Morgan fingerprint density at radius 1 is 1.25 bits per heavy atom. The summed E-state index contributed by atoms with van der Waals surface area (Å²) < 4.78 is 5.37. The van der Waals surface area contributed by atoms with Crippen molar-refractivity contribution in [3.8, 4) is 0 Å². The molecule has 0 amide bonds. The maximum Gasteiger partial charge on any atom is 0.326 e. The summed E-state index contributed by atoms with van der Waals surface area (Å²) in [6.45, 7) is 4.82. The van der Waals surface area contributed by atoms with Crippen molar-refractivity contribution in [2.24, 2.45) is 0 Å². The zero-order valence-electron chi connectivity index (χ0n) is 12.7. The molecule has 1 saturated heterocycles. The number of hydrogen-bond donors (Lipinski definition) is 1. The molecule has 1 aliphatic heterocycles. The molecule has 4 nitrogen and oxygen atoms in total.